The van der Waals surface area contributed by atoms with Crippen LogP contribution in [0.5, 0.6) is 11.5 Å². The summed E-state index contributed by atoms with van der Waals surface area (Å²) in [5.41, 5.74) is 1.82. The lowest BCUT2D eigenvalue weighted by molar-refractivity contribution is 0.485. The molecule has 0 saturated carbocycles. The maximum absolute atomic E-state index is 9.19. The van der Waals surface area contributed by atoms with Crippen molar-refractivity contribution in [2.75, 3.05) is 0 Å². The van der Waals surface area contributed by atoms with Gasteiger partial charge in [0.05, 0.1) is 16.1 Å². The molecular formula is C18H12BrNO. The van der Waals surface area contributed by atoms with Gasteiger partial charge >= 0.3 is 0 Å². The van der Waals surface area contributed by atoms with E-state index in [0.29, 0.717) is 5.56 Å². The van der Waals surface area contributed by atoms with Gasteiger partial charge in [0.15, 0.2) is 0 Å². The van der Waals surface area contributed by atoms with Gasteiger partial charge in [0, 0.05) is 10.8 Å². The van der Waals surface area contributed by atoms with E-state index in [0.717, 1.165) is 26.7 Å². The van der Waals surface area contributed by atoms with Crippen molar-refractivity contribution in [1.29, 1.82) is 5.26 Å². The van der Waals surface area contributed by atoms with Gasteiger partial charge in [0.25, 0.3) is 0 Å². The van der Waals surface area contributed by atoms with Crippen LogP contribution in [0.4, 0.5) is 0 Å². The van der Waals surface area contributed by atoms with Gasteiger partial charge in [0.1, 0.15) is 11.5 Å². The molecule has 0 aromatic heterocycles. The van der Waals surface area contributed by atoms with E-state index in [4.69, 9.17) is 4.74 Å². The molecular weight excluding hydrogens is 326 g/mol. The molecule has 3 rings (SSSR count). The molecule has 0 aliphatic heterocycles. The molecule has 0 bridgehead atoms. The van der Waals surface area contributed by atoms with Crippen LogP contribution in [-0.2, 0) is 0 Å². The lowest BCUT2D eigenvalue weighted by Crippen LogP contribution is -1.89. The van der Waals surface area contributed by atoms with Crippen molar-refractivity contribution in [3.8, 4) is 17.6 Å². The minimum atomic E-state index is 0.654. The van der Waals surface area contributed by atoms with Crippen molar-refractivity contribution in [2.24, 2.45) is 0 Å². The van der Waals surface area contributed by atoms with Crippen molar-refractivity contribution in [2.45, 2.75) is 6.92 Å². The van der Waals surface area contributed by atoms with Crippen LogP contribution in [0.25, 0.3) is 10.8 Å². The molecule has 0 heterocycles. The van der Waals surface area contributed by atoms with Crippen LogP contribution in [0.1, 0.15) is 11.1 Å². The van der Waals surface area contributed by atoms with Crippen molar-refractivity contribution in [3.63, 3.8) is 0 Å². The number of benzene rings is 3. The highest BCUT2D eigenvalue weighted by Gasteiger charge is 2.09. The molecule has 0 spiro atoms. The molecule has 0 amide bonds. The van der Waals surface area contributed by atoms with E-state index in [1.807, 2.05) is 55.5 Å². The van der Waals surface area contributed by atoms with Crippen LogP contribution in [0.15, 0.2) is 59.1 Å². The minimum Gasteiger partial charge on any atom is -0.456 e. The highest BCUT2D eigenvalue weighted by Crippen LogP contribution is 2.35. The van der Waals surface area contributed by atoms with Gasteiger partial charge in [-0.3, -0.25) is 0 Å². The van der Waals surface area contributed by atoms with Crippen LogP contribution in [0.2, 0.25) is 0 Å². The third-order valence-electron chi connectivity index (χ3n) is 3.31. The maximum Gasteiger partial charge on any atom is 0.141 e. The van der Waals surface area contributed by atoms with E-state index in [1.165, 1.54) is 5.56 Å². The highest BCUT2D eigenvalue weighted by molar-refractivity contribution is 9.10. The molecule has 0 atom stereocenters. The lowest BCUT2D eigenvalue weighted by atomic mass is 10.0. The summed E-state index contributed by atoms with van der Waals surface area (Å²) in [6.07, 6.45) is 0. The molecule has 0 aliphatic rings. The number of fused-ring (bicyclic) bond motifs is 1. The van der Waals surface area contributed by atoms with E-state index in [-0.39, 0.29) is 0 Å². The third-order valence-corrected chi connectivity index (χ3v) is 3.93. The van der Waals surface area contributed by atoms with Gasteiger partial charge in [-0.1, -0.05) is 30.3 Å². The fourth-order valence-corrected chi connectivity index (χ4v) is 2.84. The Balaban J connectivity index is 2.12. The molecule has 0 unspecified atom stereocenters. The highest BCUT2D eigenvalue weighted by atomic mass is 79.9. The number of hydrogen-bond donors (Lipinski definition) is 0. The van der Waals surface area contributed by atoms with E-state index < -0.39 is 0 Å². The van der Waals surface area contributed by atoms with Crippen molar-refractivity contribution in [1.82, 2.24) is 0 Å². The normalized spacial score (nSPS) is 10.3. The summed E-state index contributed by atoms with van der Waals surface area (Å²) in [6.45, 7) is 2.03. The summed E-state index contributed by atoms with van der Waals surface area (Å²) in [6, 6.07) is 19.6. The number of aryl methyl sites for hydroxylation is 1. The Morgan fingerprint density at radius 3 is 2.38 bits per heavy atom. The molecule has 21 heavy (non-hydrogen) atoms. The minimum absolute atomic E-state index is 0.654. The van der Waals surface area contributed by atoms with E-state index >= 15 is 0 Å². The van der Waals surface area contributed by atoms with Gasteiger partial charge in [-0.05, 0) is 52.7 Å². The largest absolute Gasteiger partial charge is 0.456 e. The molecule has 0 aliphatic carbocycles. The Kier molecular flexibility index (Phi) is 3.64. The molecule has 0 N–H and O–H groups in total. The van der Waals surface area contributed by atoms with Crippen molar-refractivity contribution < 1.29 is 4.74 Å². The maximum atomic E-state index is 9.19. The van der Waals surface area contributed by atoms with Crippen LogP contribution in [0, 0.1) is 18.3 Å². The number of nitriles is 1. The fourth-order valence-electron chi connectivity index (χ4n) is 2.27. The van der Waals surface area contributed by atoms with Crippen molar-refractivity contribution in [3.05, 3.63) is 70.2 Å². The van der Waals surface area contributed by atoms with E-state index in [9.17, 15) is 5.26 Å². The average molecular weight is 338 g/mol. The summed E-state index contributed by atoms with van der Waals surface area (Å²) in [5, 5.41) is 11.0. The van der Waals surface area contributed by atoms with Gasteiger partial charge < -0.3 is 4.74 Å². The van der Waals surface area contributed by atoms with Gasteiger partial charge in [0.2, 0.25) is 0 Å². The molecule has 0 saturated heterocycles. The summed E-state index contributed by atoms with van der Waals surface area (Å²) in [4.78, 5) is 0. The Morgan fingerprint density at radius 2 is 1.67 bits per heavy atom. The number of nitrogens with zero attached hydrogens (tertiary/aromatic N) is 1. The van der Waals surface area contributed by atoms with Crippen LogP contribution in [0.3, 0.4) is 0 Å². The van der Waals surface area contributed by atoms with Gasteiger partial charge in [-0.25, -0.2) is 0 Å². The first-order valence-electron chi connectivity index (χ1n) is 6.55. The Bertz CT molecular complexity index is 865. The Morgan fingerprint density at radius 1 is 0.952 bits per heavy atom. The zero-order valence-electron chi connectivity index (χ0n) is 11.4. The SMILES string of the molecule is Cc1ccc(Oc2ccc(C#N)c3ccccc23)c(Br)c1. The number of halogens is 1. The lowest BCUT2D eigenvalue weighted by Gasteiger charge is -2.11. The molecule has 102 valence electrons. The van der Waals surface area contributed by atoms with Crippen LogP contribution >= 0.6 is 15.9 Å². The predicted octanol–water partition coefficient (Wildman–Crippen LogP) is 5.57. The second kappa shape index (κ2) is 5.59. The number of hydrogen-bond acceptors (Lipinski definition) is 2. The number of rotatable bonds is 2. The van der Waals surface area contributed by atoms with E-state index in [2.05, 4.69) is 22.0 Å². The standard InChI is InChI=1S/C18H12BrNO/c1-12-6-8-18(16(19)10-12)21-17-9-7-13(11-20)14-4-2-3-5-15(14)17/h2-10H,1H3. The fraction of sp³-hybridized carbons (Fsp3) is 0.0556. The second-order valence-corrected chi connectivity index (χ2v) is 5.66. The second-order valence-electron chi connectivity index (χ2n) is 4.80. The van der Waals surface area contributed by atoms with Crippen molar-refractivity contribution >= 4 is 26.7 Å². The summed E-state index contributed by atoms with van der Waals surface area (Å²) < 4.78 is 6.93. The zero-order valence-corrected chi connectivity index (χ0v) is 13.0. The van der Waals surface area contributed by atoms with Gasteiger partial charge in [-0.15, -0.1) is 0 Å². The van der Waals surface area contributed by atoms with Crippen LogP contribution < -0.4 is 4.74 Å². The number of ether oxygens (including phenoxy) is 1. The zero-order chi connectivity index (χ0) is 14.8. The first-order valence-corrected chi connectivity index (χ1v) is 7.34. The first-order chi connectivity index (χ1) is 10.2. The molecule has 2 nitrogen and oxygen atoms in total. The quantitative estimate of drug-likeness (QED) is 0.611. The average Bonchev–Trinajstić information content (AvgIpc) is 2.50. The molecule has 3 aromatic carbocycles. The Labute approximate surface area is 131 Å². The summed E-state index contributed by atoms with van der Waals surface area (Å²) in [7, 11) is 0. The summed E-state index contributed by atoms with van der Waals surface area (Å²) in [5.74, 6) is 1.50. The monoisotopic (exact) mass is 337 g/mol. The third kappa shape index (κ3) is 2.63. The predicted molar refractivity (Wildman–Crippen MR) is 87.6 cm³/mol. The molecule has 0 fully saturated rings. The van der Waals surface area contributed by atoms with Crippen LogP contribution in [-0.4, -0.2) is 0 Å². The van der Waals surface area contributed by atoms with Gasteiger partial charge in [-0.2, -0.15) is 5.26 Å². The molecule has 3 heteroatoms. The first kappa shape index (κ1) is 13.7. The summed E-state index contributed by atoms with van der Waals surface area (Å²) >= 11 is 3.52. The topological polar surface area (TPSA) is 33.0 Å². The smallest absolute Gasteiger partial charge is 0.141 e. The Hall–Kier alpha value is -2.31. The molecule has 3 aromatic rings. The van der Waals surface area contributed by atoms with E-state index in [1.54, 1.807) is 6.07 Å². The molecule has 0 radical (unpaired) electrons.